The minimum atomic E-state index is -0.466. The lowest BCUT2D eigenvalue weighted by Crippen LogP contribution is -2.55. The van der Waals surface area contributed by atoms with Crippen molar-refractivity contribution in [3.8, 4) is 5.75 Å². The van der Waals surface area contributed by atoms with Gasteiger partial charge in [0.2, 0.25) is 0 Å². The molecule has 5 nitrogen and oxygen atoms in total. The van der Waals surface area contributed by atoms with E-state index in [0.717, 1.165) is 4.47 Å². The normalized spacial score (nSPS) is 26.7. The van der Waals surface area contributed by atoms with Gasteiger partial charge in [0.25, 0.3) is 0 Å². The van der Waals surface area contributed by atoms with Gasteiger partial charge < -0.3 is 19.3 Å². The predicted octanol–water partition coefficient (Wildman–Crippen LogP) is 1.39. The van der Waals surface area contributed by atoms with Crippen LogP contribution in [0.2, 0.25) is 0 Å². The summed E-state index contributed by atoms with van der Waals surface area (Å²) in [6, 6.07) is 1.84. The van der Waals surface area contributed by atoms with E-state index in [-0.39, 0.29) is 12.2 Å². The molecule has 18 heavy (non-hydrogen) atoms. The van der Waals surface area contributed by atoms with Crippen LogP contribution in [0.4, 0.5) is 0 Å². The topological polar surface area (TPSA) is 60.8 Å². The van der Waals surface area contributed by atoms with Gasteiger partial charge in [0.1, 0.15) is 18.0 Å². The lowest BCUT2D eigenvalue weighted by molar-refractivity contribution is -0.167. The Morgan fingerprint density at radius 2 is 2.28 bits per heavy atom. The minimum absolute atomic E-state index is 0.132. The summed E-state index contributed by atoms with van der Waals surface area (Å²) in [4.78, 5) is 4.02. The maximum Gasteiger partial charge on any atom is 0.139 e. The Labute approximate surface area is 114 Å². The highest BCUT2D eigenvalue weighted by molar-refractivity contribution is 9.10. The molecule has 1 heterocycles. The summed E-state index contributed by atoms with van der Waals surface area (Å²) in [6.45, 7) is 0.962. The highest BCUT2D eigenvalue weighted by Crippen LogP contribution is 2.29. The molecule has 3 atom stereocenters. The van der Waals surface area contributed by atoms with Crippen LogP contribution in [-0.4, -0.2) is 48.7 Å². The summed E-state index contributed by atoms with van der Waals surface area (Å²) >= 11 is 3.33. The lowest BCUT2D eigenvalue weighted by atomic mass is 9.88. The Morgan fingerprint density at radius 3 is 2.94 bits per heavy atom. The zero-order valence-corrected chi connectivity index (χ0v) is 11.7. The average molecular weight is 318 g/mol. The second-order valence-electron chi connectivity index (χ2n) is 4.13. The fourth-order valence-electron chi connectivity index (χ4n) is 1.79. The van der Waals surface area contributed by atoms with Crippen molar-refractivity contribution in [2.45, 2.75) is 24.7 Å². The van der Waals surface area contributed by atoms with E-state index in [4.69, 9.17) is 14.2 Å². The molecule has 1 aromatic heterocycles. The molecular formula is C12H16BrNO4. The first-order chi connectivity index (χ1) is 8.70. The van der Waals surface area contributed by atoms with Crippen LogP contribution >= 0.6 is 15.9 Å². The quantitative estimate of drug-likeness (QED) is 0.803. The number of rotatable bonds is 6. The predicted molar refractivity (Wildman–Crippen MR) is 68.6 cm³/mol. The Hall–Kier alpha value is -0.690. The maximum absolute atomic E-state index is 9.64. The van der Waals surface area contributed by atoms with E-state index in [1.54, 1.807) is 19.5 Å². The van der Waals surface area contributed by atoms with Gasteiger partial charge in [0, 0.05) is 24.2 Å². The van der Waals surface area contributed by atoms with Crippen LogP contribution in [0.5, 0.6) is 5.75 Å². The van der Waals surface area contributed by atoms with E-state index < -0.39 is 6.10 Å². The van der Waals surface area contributed by atoms with Crippen LogP contribution in [0, 0.1) is 0 Å². The van der Waals surface area contributed by atoms with E-state index in [0.29, 0.717) is 25.4 Å². The summed E-state index contributed by atoms with van der Waals surface area (Å²) in [7, 11) is 1.61. The van der Waals surface area contributed by atoms with Gasteiger partial charge in [-0.3, -0.25) is 4.98 Å². The maximum atomic E-state index is 9.64. The summed E-state index contributed by atoms with van der Waals surface area (Å²) in [6.07, 6.45) is 3.01. The molecule has 3 unspecified atom stereocenters. The van der Waals surface area contributed by atoms with Gasteiger partial charge in [-0.2, -0.15) is 0 Å². The average Bonchev–Trinajstić information content (AvgIpc) is 2.34. The number of aliphatic hydroxyl groups is 1. The molecule has 1 aromatic rings. The van der Waals surface area contributed by atoms with Gasteiger partial charge in [0.15, 0.2) is 0 Å². The van der Waals surface area contributed by atoms with Crippen molar-refractivity contribution in [2.75, 3.05) is 20.3 Å². The van der Waals surface area contributed by atoms with Crippen molar-refractivity contribution in [1.29, 1.82) is 0 Å². The Balaban J connectivity index is 1.85. The number of hydrogen-bond acceptors (Lipinski definition) is 5. The molecule has 0 bridgehead atoms. The smallest absolute Gasteiger partial charge is 0.139 e. The van der Waals surface area contributed by atoms with Crippen molar-refractivity contribution in [3.05, 3.63) is 22.9 Å². The molecule has 0 spiro atoms. The van der Waals surface area contributed by atoms with E-state index in [2.05, 4.69) is 20.9 Å². The highest BCUT2D eigenvalue weighted by atomic mass is 79.9. The van der Waals surface area contributed by atoms with Crippen molar-refractivity contribution in [3.63, 3.8) is 0 Å². The molecule has 1 saturated carbocycles. The molecule has 1 aliphatic rings. The number of halogens is 1. The highest BCUT2D eigenvalue weighted by Gasteiger charge is 2.42. The fourth-order valence-corrected chi connectivity index (χ4v) is 2.13. The molecule has 6 heteroatoms. The summed E-state index contributed by atoms with van der Waals surface area (Å²) < 4.78 is 17.0. The number of ether oxygens (including phenoxy) is 3. The second-order valence-corrected chi connectivity index (χ2v) is 5.04. The van der Waals surface area contributed by atoms with Crippen molar-refractivity contribution < 1.29 is 19.3 Å². The Kier molecular flexibility index (Phi) is 4.94. The zero-order chi connectivity index (χ0) is 13.0. The van der Waals surface area contributed by atoms with Crippen LogP contribution in [-0.2, 0) is 9.47 Å². The van der Waals surface area contributed by atoms with E-state index in [1.165, 1.54) is 0 Å². The van der Waals surface area contributed by atoms with Crippen molar-refractivity contribution in [1.82, 2.24) is 4.98 Å². The Morgan fingerprint density at radius 1 is 1.44 bits per heavy atom. The minimum Gasteiger partial charge on any atom is -0.486 e. The van der Waals surface area contributed by atoms with Crippen LogP contribution in [0.3, 0.4) is 0 Å². The first kappa shape index (κ1) is 13.7. The molecule has 0 aromatic carbocycles. The lowest BCUT2D eigenvalue weighted by Gasteiger charge is -2.40. The van der Waals surface area contributed by atoms with Gasteiger partial charge in [0.05, 0.1) is 25.5 Å². The molecular weight excluding hydrogens is 302 g/mol. The number of methoxy groups -OCH3 is 1. The molecule has 100 valence electrons. The third-order valence-electron chi connectivity index (χ3n) is 2.78. The summed E-state index contributed by atoms with van der Waals surface area (Å²) in [5.41, 5.74) is 0. The number of pyridine rings is 1. The Bertz CT molecular complexity index is 390. The van der Waals surface area contributed by atoms with E-state index >= 15 is 0 Å². The number of aliphatic hydroxyl groups excluding tert-OH is 1. The molecule has 0 saturated heterocycles. The van der Waals surface area contributed by atoms with Gasteiger partial charge in [-0.25, -0.2) is 0 Å². The van der Waals surface area contributed by atoms with Crippen molar-refractivity contribution in [2.24, 2.45) is 0 Å². The monoisotopic (exact) mass is 317 g/mol. The van der Waals surface area contributed by atoms with Crippen LogP contribution < -0.4 is 4.74 Å². The van der Waals surface area contributed by atoms with Gasteiger partial charge in [-0.05, 0) is 22.0 Å². The van der Waals surface area contributed by atoms with Crippen LogP contribution in [0.15, 0.2) is 22.9 Å². The van der Waals surface area contributed by atoms with Crippen LogP contribution in [0.25, 0.3) is 0 Å². The second kappa shape index (κ2) is 6.47. The van der Waals surface area contributed by atoms with Gasteiger partial charge in [-0.15, -0.1) is 0 Å². The molecule has 1 aliphatic carbocycles. The standard InChI is InChI=1S/C12H16BrNO4/c1-16-2-3-17-12-10(15)5-11(12)18-9-4-8(13)6-14-7-9/h4,6-7,10-12,15H,2-3,5H2,1H3. The number of hydrogen-bond donors (Lipinski definition) is 1. The first-order valence-electron chi connectivity index (χ1n) is 5.76. The van der Waals surface area contributed by atoms with Crippen molar-refractivity contribution >= 4 is 15.9 Å². The SMILES string of the molecule is COCCOC1C(O)CC1Oc1cncc(Br)c1. The number of nitrogens with zero attached hydrogens (tertiary/aromatic N) is 1. The van der Waals surface area contributed by atoms with Gasteiger partial charge >= 0.3 is 0 Å². The molecule has 0 aliphatic heterocycles. The van der Waals surface area contributed by atoms with Gasteiger partial charge in [-0.1, -0.05) is 0 Å². The third kappa shape index (κ3) is 3.41. The third-order valence-corrected chi connectivity index (χ3v) is 3.22. The molecule has 2 rings (SSSR count). The largest absolute Gasteiger partial charge is 0.486 e. The molecule has 0 amide bonds. The fraction of sp³-hybridized carbons (Fsp3) is 0.583. The van der Waals surface area contributed by atoms with Crippen LogP contribution in [0.1, 0.15) is 6.42 Å². The first-order valence-corrected chi connectivity index (χ1v) is 6.56. The molecule has 1 N–H and O–H groups in total. The molecule has 0 radical (unpaired) electrons. The summed E-state index contributed by atoms with van der Waals surface area (Å²) in [5.74, 6) is 0.668. The number of aromatic nitrogens is 1. The molecule has 1 fully saturated rings. The van der Waals surface area contributed by atoms with E-state index in [1.807, 2.05) is 6.07 Å². The summed E-state index contributed by atoms with van der Waals surface area (Å²) in [5, 5.41) is 9.64. The van der Waals surface area contributed by atoms with E-state index in [9.17, 15) is 5.11 Å². The zero-order valence-electron chi connectivity index (χ0n) is 10.1.